The average molecular weight is 271 g/mol. The second-order valence-electron chi connectivity index (χ2n) is 4.18. The van der Waals surface area contributed by atoms with Crippen molar-refractivity contribution in [3.63, 3.8) is 0 Å². The average Bonchev–Trinajstić information content (AvgIpc) is 2.47. The highest BCUT2D eigenvalue weighted by Crippen LogP contribution is 2.39. The standard InChI is InChI=1S/C15H13NO2S/c1-18-12-8-6-11(7-9-12)16-13-4-2-3-5-14(13)19-10-15(16)17/h2-9H,10H2,1H3. The van der Waals surface area contributed by atoms with E-state index < -0.39 is 0 Å². The van der Waals surface area contributed by atoms with Crippen LogP contribution in [0.3, 0.4) is 0 Å². The number of hydrogen-bond acceptors (Lipinski definition) is 3. The molecule has 0 radical (unpaired) electrons. The number of amides is 1. The largest absolute Gasteiger partial charge is 0.497 e. The summed E-state index contributed by atoms with van der Waals surface area (Å²) in [6.45, 7) is 0. The van der Waals surface area contributed by atoms with Gasteiger partial charge in [0.1, 0.15) is 5.75 Å². The van der Waals surface area contributed by atoms with Crippen molar-refractivity contribution in [1.82, 2.24) is 0 Å². The Morgan fingerprint density at radius 2 is 1.84 bits per heavy atom. The molecule has 0 N–H and O–H groups in total. The first-order chi connectivity index (χ1) is 9.29. The molecule has 1 aliphatic rings. The lowest BCUT2D eigenvalue weighted by Crippen LogP contribution is -2.30. The molecule has 0 atom stereocenters. The predicted octanol–water partition coefficient (Wildman–Crippen LogP) is 3.47. The molecule has 2 aromatic carbocycles. The van der Waals surface area contributed by atoms with Crippen LogP contribution in [0.25, 0.3) is 0 Å². The zero-order valence-corrected chi connectivity index (χ0v) is 11.3. The summed E-state index contributed by atoms with van der Waals surface area (Å²) in [5, 5.41) is 0. The minimum Gasteiger partial charge on any atom is -0.497 e. The third-order valence-corrected chi connectivity index (χ3v) is 4.08. The Balaban J connectivity index is 2.05. The molecular formula is C15H13NO2S. The van der Waals surface area contributed by atoms with Crippen LogP contribution in [0.1, 0.15) is 0 Å². The van der Waals surface area contributed by atoms with Gasteiger partial charge in [-0.2, -0.15) is 0 Å². The summed E-state index contributed by atoms with van der Waals surface area (Å²) in [4.78, 5) is 15.1. The van der Waals surface area contributed by atoms with Crippen LogP contribution in [0, 0.1) is 0 Å². The van der Waals surface area contributed by atoms with Gasteiger partial charge in [-0.15, -0.1) is 11.8 Å². The van der Waals surface area contributed by atoms with E-state index in [4.69, 9.17) is 4.74 Å². The fourth-order valence-electron chi connectivity index (χ4n) is 2.12. The van der Waals surface area contributed by atoms with Crippen LogP contribution in [-0.4, -0.2) is 18.8 Å². The van der Waals surface area contributed by atoms with Crippen molar-refractivity contribution in [2.75, 3.05) is 17.8 Å². The Kier molecular flexibility index (Phi) is 3.17. The summed E-state index contributed by atoms with van der Waals surface area (Å²) in [5.74, 6) is 1.37. The maximum absolute atomic E-state index is 12.2. The van der Waals surface area contributed by atoms with E-state index in [1.165, 1.54) is 0 Å². The van der Waals surface area contributed by atoms with Gasteiger partial charge in [0.25, 0.3) is 0 Å². The predicted molar refractivity (Wildman–Crippen MR) is 77.3 cm³/mol. The molecule has 1 heterocycles. The van der Waals surface area contributed by atoms with Crippen molar-refractivity contribution in [2.24, 2.45) is 0 Å². The van der Waals surface area contributed by atoms with E-state index in [2.05, 4.69) is 0 Å². The first kappa shape index (κ1) is 12.1. The van der Waals surface area contributed by atoms with E-state index in [9.17, 15) is 4.79 Å². The second kappa shape index (κ2) is 4.97. The third kappa shape index (κ3) is 2.19. The lowest BCUT2D eigenvalue weighted by Gasteiger charge is -2.29. The molecule has 0 aromatic heterocycles. The Morgan fingerprint density at radius 3 is 2.58 bits per heavy atom. The number of carbonyl (C=O) groups excluding carboxylic acids is 1. The molecule has 4 heteroatoms. The molecule has 0 saturated heterocycles. The van der Waals surface area contributed by atoms with Gasteiger partial charge in [0.05, 0.1) is 18.6 Å². The van der Waals surface area contributed by atoms with E-state index in [0.717, 1.165) is 22.0 Å². The summed E-state index contributed by atoms with van der Waals surface area (Å²) in [7, 11) is 1.63. The Morgan fingerprint density at radius 1 is 1.11 bits per heavy atom. The first-order valence-corrected chi connectivity index (χ1v) is 6.97. The van der Waals surface area contributed by atoms with E-state index in [-0.39, 0.29) is 5.91 Å². The zero-order chi connectivity index (χ0) is 13.2. The number of ether oxygens (including phenoxy) is 1. The normalized spacial score (nSPS) is 14.2. The van der Waals surface area contributed by atoms with Crippen LogP contribution in [0.15, 0.2) is 53.4 Å². The van der Waals surface area contributed by atoms with Crippen LogP contribution >= 0.6 is 11.8 Å². The van der Waals surface area contributed by atoms with Crippen molar-refractivity contribution in [1.29, 1.82) is 0 Å². The van der Waals surface area contributed by atoms with Gasteiger partial charge in [-0.3, -0.25) is 9.69 Å². The van der Waals surface area contributed by atoms with E-state index in [0.29, 0.717) is 5.75 Å². The maximum Gasteiger partial charge on any atom is 0.241 e. The molecule has 0 aliphatic carbocycles. The number of rotatable bonds is 2. The number of para-hydroxylation sites is 1. The SMILES string of the molecule is COc1ccc(N2C(=O)CSc3ccccc32)cc1. The van der Waals surface area contributed by atoms with Gasteiger partial charge >= 0.3 is 0 Å². The number of anilines is 2. The minimum atomic E-state index is 0.105. The van der Waals surface area contributed by atoms with Crippen molar-refractivity contribution < 1.29 is 9.53 Å². The molecule has 96 valence electrons. The number of thioether (sulfide) groups is 1. The van der Waals surface area contributed by atoms with Gasteiger partial charge in [-0.05, 0) is 36.4 Å². The number of carbonyl (C=O) groups is 1. The molecule has 0 fully saturated rings. The Bertz CT molecular complexity index is 610. The zero-order valence-electron chi connectivity index (χ0n) is 10.5. The van der Waals surface area contributed by atoms with Crippen molar-refractivity contribution >= 4 is 29.0 Å². The summed E-state index contributed by atoms with van der Waals surface area (Å²) >= 11 is 1.59. The topological polar surface area (TPSA) is 29.5 Å². The summed E-state index contributed by atoms with van der Waals surface area (Å²) in [6, 6.07) is 15.5. The van der Waals surface area contributed by atoms with Gasteiger partial charge in [0.2, 0.25) is 5.91 Å². The maximum atomic E-state index is 12.2. The highest BCUT2D eigenvalue weighted by Gasteiger charge is 2.25. The monoisotopic (exact) mass is 271 g/mol. The molecule has 1 aliphatic heterocycles. The molecule has 3 rings (SSSR count). The Labute approximate surface area is 116 Å². The van der Waals surface area contributed by atoms with Gasteiger partial charge in [-0.25, -0.2) is 0 Å². The van der Waals surface area contributed by atoms with Gasteiger partial charge in [0, 0.05) is 10.6 Å². The van der Waals surface area contributed by atoms with Crippen LogP contribution in [0.5, 0.6) is 5.75 Å². The summed E-state index contributed by atoms with van der Waals surface area (Å²) in [5.41, 5.74) is 1.83. The third-order valence-electron chi connectivity index (χ3n) is 3.04. The molecule has 1 amide bonds. The molecule has 3 nitrogen and oxygen atoms in total. The fraction of sp³-hybridized carbons (Fsp3) is 0.133. The number of methoxy groups -OCH3 is 1. The molecule has 0 saturated carbocycles. The molecule has 0 bridgehead atoms. The van der Waals surface area contributed by atoms with Crippen molar-refractivity contribution in [3.05, 3.63) is 48.5 Å². The lowest BCUT2D eigenvalue weighted by atomic mass is 10.2. The summed E-state index contributed by atoms with van der Waals surface area (Å²) in [6.07, 6.45) is 0. The molecule has 2 aromatic rings. The van der Waals surface area contributed by atoms with Gasteiger partial charge in [-0.1, -0.05) is 12.1 Å². The molecule has 19 heavy (non-hydrogen) atoms. The molecule has 0 spiro atoms. The van der Waals surface area contributed by atoms with Crippen molar-refractivity contribution in [2.45, 2.75) is 4.90 Å². The molecular weight excluding hydrogens is 258 g/mol. The van der Waals surface area contributed by atoms with Crippen LogP contribution < -0.4 is 9.64 Å². The van der Waals surface area contributed by atoms with E-state index >= 15 is 0 Å². The van der Waals surface area contributed by atoms with E-state index in [1.807, 2.05) is 48.5 Å². The quantitative estimate of drug-likeness (QED) is 0.837. The van der Waals surface area contributed by atoms with Gasteiger partial charge < -0.3 is 4.74 Å². The fourth-order valence-corrected chi connectivity index (χ4v) is 3.01. The van der Waals surface area contributed by atoms with E-state index in [1.54, 1.807) is 23.8 Å². The number of fused-ring (bicyclic) bond motifs is 1. The lowest BCUT2D eigenvalue weighted by molar-refractivity contribution is -0.115. The van der Waals surface area contributed by atoms with Crippen LogP contribution in [-0.2, 0) is 4.79 Å². The summed E-state index contributed by atoms with van der Waals surface area (Å²) < 4.78 is 5.15. The number of nitrogens with zero attached hydrogens (tertiary/aromatic N) is 1. The Hall–Kier alpha value is -1.94. The number of benzene rings is 2. The minimum absolute atomic E-state index is 0.105. The van der Waals surface area contributed by atoms with Crippen molar-refractivity contribution in [3.8, 4) is 5.75 Å². The number of hydrogen-bond donors (Lipinski definition) is 0. The molecule has 0 unspecified atom stereocenters. The first-order valence-electron chi connectivity index (χ1n) is 5.98. The van der Waals surface area contributed by atoms with Crippen LogP contribution in [0.4, 0.5) is 11.4 Å². The smallest absolute Gasteiger partial charge is 0.241 e. The van der Waals surface area contributed by atoms with Crippen LogP contribution in [0.2, 0.25) is 0 Å². The second-order valence-corrected chi connectivity index (χ2v) is 5.20. The highest BCUT2D eigenvalue weighted by molar-refractivity contribution is 8.00. The van der Waals surface area contributed by atoms with Gasteiger partial charge in [0.15, 0.2) is 0 Å². The highest BCUT2D eigenvalue weighted by atomic mass is 32.2.